The number of benzene rings is 1. The predicted octanol–water partition coefficient (Wildman–Crippen LogP) is 2.62. The third kappa shape index (κ3) is 3.28. The molecule has 0 amide bonds. The summed E-state index contributed by atoms with van der Waals surface area (Å²) >= 11 is 0. The van der Waals surface area contributed by atoms with E-state index in [1.807, 2.05) is 0 Å². The summed E-state index contributed by atoms with van der Waals surface area (Å²) < 4.78 is 23.9. The van der Waals surface area contributed by atoms with Crippen LogP contribution in [0.15, 0.2) is 36.5 Å². The SMILES string of the molecule is COc1ccc(COc2ccc(C=O)nc2)c(F)c1. The number of aldehydes is 1. The van der Waals surface area contributed by atoms with E-state index in [1.54, 1.807) is 18.2 Å². The second kappa shape index (κ2) is 5.95. The van der Waals surface area contributed by atoms with E-state index in [1.165, 1.54) is 25.4 Å². The fourth-order valence-corrected chi connectivity index (χ4v) is 1.48. The number of rotatable bonds is 5. The second-order valence-corrected chi connectivity index (χ2v) is 3.78. The number of methoxy groups -OCH3 is 1. The number of carbonyl (C=O) groups is 1. The molecule has 2 aromatic rings. The van der Waals surface area contributed by atoms with Crippen molar-refractivity contribution >= 4 is 6.29 Å². The summed E-state index contributed by atoms with van der Waals surface area (Å²) in [6.07, 6.45) is 2.07. The third-order valence-corrected chi connectivity index (χ3v) is 2.53. The molecule has 0 saturated heterocycles. The standard InChI is InChI=1S/C14H12FNO3/c1-18-12-4-2-10(14(15)6-12)9-19-13-5-3-11(8-17)16-7-13/h2-8H,9H2,1H3. The Balaban J connectivity index is 2.03. The van der Waals surface area contributed by atoms with Crippen molar-refractivity contribution in [2.45, 2.75) is 6.61 Å². The van der Waals surface area contributed by atoms with E-state index in [2.05, 4.69) is 4.98 Å². The van der Waals surface area contributed by atoms with Crippen LogP contribution in [0.4, 0.5) is 4.39 Å². The maximum absolute atomic E-state index is 13.6. The first-order chi connectivity index (χ1) is 9.22. The van der Waals surface area contributed by atoms with Crippen molar-refractivity contribution in [3.05, 3.63) is 53.6 Å². The molecule has 0 bridgehead atoms. The maximum atomic E-state index is 13.6. The van der Waals surface area contributed by atoms with Crippen LogP contribution in [0, 0.1) is 5.82 Å². The molecule has 0 unspecified atom stereocenters. The molecule has 0 radical (unpaired) electrons. The van der Waals surface area contributed by atoms with Crippen molar-refractivity contribution < 1.29 is 18.7 Å². The van der Waals surface area contributed by atoms with Crippen LogP contribution in [-0.4, -0.2) is 18.4 Å². The van der Waals surface area contributed by atoms with E-state index in [0.717, 1.165) is 0 Å². The van der Waals surface area contributed by atoms with Gasteiger partial charge in [-0.05, 0) is 24.3 Å². The van der Waals surface area contributed by atoms with E-state index < -0.39 is 5.82 Å². The van der Waals surface area contributed by atoms with Crippen LogP contribution in [-0.2, 0) is 6.61 Å². The van der Waals surface area contributed by atoms with Crippen molar-refractivity contribution in [2.75, 3.05) is 7.11 Å². The average molecular weight is 261 g/mol. The Kier molecular flexibility index (Phi) is 4.07. The van der Waals surface area contributed by atoms with E-state index in [9.17, 15) is 9.18 Å². The molecule has 1 aromatic heterocycles. The fraction of sp³-hybridized carbons (Fsp3) is 0.143. The number of hydrogen-bond acceptors (Lipinski definition) is 4. The van der Waals surface area contributed by atoms with Gasteiger partial charge in [0, 0.05) is 11.6 Å². The molecule has 0 spiro atoms. The summed E-state index contributed by atoms with van der Waals surface area (Å²) in [5.74, 6) is 0.538. The Morgan fingerprint density at radius 1 is 1.26 bits per heavy atom. The lowest BCUT2D eigenvalue weighted by atomic mass is 10.2. The van der Waals surface area contributed by atoms with Gasteiger partial charge in [0.1, 0.15) is 29.6 Å². The Hall–Kier alpha value is -2.43. The highest BCUT2D eigenvalue weighted by molar-refractivity contribution is 5.71. The first kappa shape index (κ1) is 13.0. The van der Waals surface area contributed by atoms with Gasteiger partial charge in [-0.1, -0.05) is 0 Å². The van der Waals surface area contributed by atoms with Crippen molar-refractivity contribution in [2.24, 2.45) is 0 Å². The smallest absolute Gasteiger partial charge is 0.168 e. The van der Waals surface area contributed by atoms with Gasteiger partial charge in [0.05, 0.1) is 13.3 Å². The highest BCUT2D eigenvalue weighted by atomic mass is 19.1. The second-order valence-electron chi connectivity index (χ2n) is 3.78. The first-order valence-corrected chi connectivity index (χ1v) is 5.59. The third-order valence-electron chi connectivity index (χ3n) is 2.53. The zero-order valence-corrected chi connectivity index (χ0v) is 10.3. The number of aromatic nitrogens is 1. The lowest BCUT2D eigenvalue weighted by Gasteiger charge is -2.08. The van der Waals surface area contributed by atoms with Gasteiger partial charge in [-0.15, -0.1) is 0 Å². The molecule has 98 valence electrons. The molecule has 0 aliphatic carbocycles. The quantitative estimate of drug-likeness (QED) is 0.776. The van der Waals surface area contributed by atoms with Crippen molar-refractivity contribution in [3.8, 4) is 11.5 Å². The molecule has 0 atom stereocenters. The Morgan fingerprint density at radius 3 is 2.63 bits per heavy atom. The molecule has 0 aliphatic heterocycles. The summed E-state index contributed by atoms with van der Waals surface area (Å²) in [6.45, 7) is 0.0813. The molecule has 2 rings (SSSR count). The number of nitrogens with zero attached hydrogens (tertiary/aromatic N) is 1. The largest absolute Gasteiger partial charge is 0.497 e. The predicted molar refractivity (Wildman–Crippen MR) is 66.9 cm³/mol. The van der Waals surface area contributed by atoms with Crippen molar-refractivity contribution in [3.63, 3.8) is 0 Å². The van der Waals surface area contributed by atoms with Gasteiger partial charge in [-0.3, -0.25) is 4.79 Å². The van der Waals surface area contributed by atoms with Crippen LogP contribution >= 0.6 is 0 Å². The minimum Gasteiger partial charge on any atom is -0.497 e. The molecule has 0 N–H and O–H groups in total. The lowest BCUT2D eigenvalue weighted by Crippen LogP contribution is -1.99. The minimum atomic E-state index is -0.392. The zero-order chi connectivity index (χ0) is 13.7. The van der Waals surface area contributed by atoms with Gasteiger partial charge in [0.2, 0.25) is 0 Å². The minimum absolute atomic E-state index is 0.0813. The summed E-state index contributed by atoms with van der Waals surface area (Å²) in [4.78, 5) is 14.3. The number of hydrogen-bond donors (Lipinski definition) is 0. The Labute approximate surface area is 109 Å². The zero-order valence-electron chi connectivity index (χ0n) is 10.3. The van der Waals surface area contributed by atoms with E-state index in [-0.39, 0.29) is 6.61 Å². The van der Waals surface area contributed by atoms with E-state index in [0.29, 0.717) is 29.0 Å². The monoisotopic (exact) mass is 261 g/mol. The van der Waals surface area contributed by atoms with Crippen LogP contribution in [0.25, 0.3) is 0 Å². The van der Waals surface area contributed by atoms with Crippen LogP contribution in [0.1, 0.15) is 16.1 Å². The molecule has 0 fully saturated rings. The highest BCUT2D eigenvalue weighted by Crippen LogP contribution is 2.18. The highest BCUT2D eigenvalue weighted by Gasteiger charge is 2.05. The van der Waals surface area contributed by atoms with Gasteiger partial charge in [0.15, 0.2) is 6.29 Å². The molecule has 1 heterocycles. The topological polar surface area (TPSA) is 48.4 Å². The van der Waals surface area contributed by atoms with Gasteiger partial charge in [-0.25, -0.2) is 9.37 Å². The molecule has 19 heavy (non-hydrogen) atoms. The summed E-state index contributed by atoms with van der Waals surface area (Å²) in [6, 6.07) is 7.70. The molecular formula is C14H12FNO3. The van der Waals surface area contributed by atoms with Crippen LogP contribution in [0.3, 0.4) is 0 Å². The van der Waals surface area contributed by atoms with Crippen molar-refractivity contribution in [1.29, 1.82) is 0 Å². The molecule has 0 aliphatic rings. The van der Waals surface area contributed by atoms with Gasteiger partial charge >= 0.3 is 0 Å². The van der Waals surface area contributed by atoms with Crippen molar-refractivity contribution in [1.82, 2.24) is 4.98 Å². The first-order valence-electron chi connectivity index (χ1n) is 5.59. The Morgan fingerprint density at radius 2 is 2.05 bits per heavy atom. The average Bonchev–Trinajstić information content (AvgIpc) is 2.46. The maximum Gasteiger partial charge on any atom is 0.168 e. The lowest BCUT2D eigenvalue weighted by molar-refractivity contribution is 0.111. The number of carbonyl (C=O) groups excluding carboxylic acids is 1. The van der Waals surface area contributed by atoms with Crippen LogP contribution in [0.2, 0.25) is 0 Å². The summed E-state index contributed by atoms with van der Waals surface area (Å²) in [5, 5.41) is 0. The summed E-state index contributed by atoms with van der Waals surface area (Å²) in [7, 11) is 1.48. The summed E-state index contributed by atoms with van der Waals surface area (Å²) in [5.41, 5.74) is 0.739. The number of halogens is 1. The molecule has 4 nitrogen and oxygen atoms in total. The molecule has 0 saturated carbocycles. The normalized spacial score (nSPS) is 10.0. The van der Waals surface area contributed by atoms with E-state index >= 15 is 0 Å². The van der Waals surface area contributed by atoms with Crippen LogP contribution < -0.4 is 9.47 Å². The Bertz CT molecular complexity index is 569. The van der Waals surface area contributed by atoms with Gasteiger partial charge in [-0.2, -0.15) is 0 Å². The molecular weight excluding hydrogens is 249 g/mol. The van der Waals surface area contributed by atoms with Crippen LogP contribution in [0.5, 0.6) is 11.5 Å². The van der Waals surface area contributed by atoms with Gasteiger partial charge in [0.25, 0.3) is 0 Å². The fourth-order valence-electron chi connectivity index (χ4n) is 1.48. The molecule has 5 heteroatoms. The van der Waals surface area contributed by atoms with Gasteiger partial charge < -0.3 is 9.47 Å². The van der Waals surface area contributed by atoms with E-state index in [4.69, 9.17) is 9.47 Å². The molecule has 1 aromatic carbocycles. The number of ether oxygens (including phenoxy) is 2. The number of pyridine rings is 1.